The highest BCUT2D eigenvalue weighted by molar-refractivity contribution is 7.11. The zero-order valence-corrected chi connectivity index (χ0v) is 11.7. The highest BCUT2D eigenvalue weighted by Gasteiger charge is 2.07. The normalized spacial score (nSPS) is 11.1. The molecule has 19 heavy (non-hydrogen) atoms. The van der Waals surface area contributed by atoms with E-state index in [1.807, 2.05) is 44.3 Å². The molecule has 4 heteroatoms. The van der Waals surface area contributed by atoms with Crippen molar-refractivity contribution in [3.8, 4) is 0 Å². The molecule has 0 amide bonds. The molecule has 3 nitrogen and oxygen atoms in total. The van der Waals surface area contributed by atoms with E-state index in [0.717, 1.165) is 28.1 Å². The molecule has 0 unspecified atom stereocenters. The Labute approximate surface area is 115 Å². The number of thiazole rings is 1. The van der Waals surface area contributed by atoms with Crippen LogP contribution in [0.2, 0.25) is 0 Å². The lowest BCUT2D eigenvalue weighted by Crippen LogP contribution is -2.08. The summed E-state index contributed by atoms with van der Waals surface area (Å²) in [6, 6.07) is 9.35. The van der Waals surface area contributed by atoms with E-state index >= 15 is 0 Å². The first kappa shape index (κ1) is 12.1. The molecule has 3 aromatic rings. The van der Waals surface area contributed by atoms with Crippen molar-refractivity contribution in [3.63, 3.8) is 0 Å². The number of nitrogens with zero attached hydrogens (tertiary/aromatic N) is 2. The van der Waals surface area contributed by atoms with Gasteiger partial charge in [0.05, 0.1) is 22.8 Å². The van der Waals surface area contributed by atoms with Crippen molar-refractivity contribution in [1.29, 1.82) is 0 Å². The first-order valence-electron chi connectivity index (χ1n) is 6.16. The molecule has 0 spiro atoms. The van der Waals surface area contributed by atoms with Crippen LogP contribution >= 0.6 is 11.3 Å². The molecule has 0 aliphatic carbocycles. The van der Waals surface area contributed by atoms with Crippen LogP contribution in [-0.4, -0.2) is 9.55 Å². The third-order valence-corrected chi connectivity index (χ3v) is 4.26. The maximum atomic E-state index is 11.8. The molecule has 0 aliphatic rings. The monoisotopic (exact) mass is 270 g/mol. The molecular formula is C15H14N2OS. The summed E-state index contributed by atoms with van der Waals surface area (Å²) in [7, 11) is 0. The van der Waals surface area contributed by atoms with Crippen LogP contribution in [0.15, 0.2) is 41.3 Å². The number of aromatic nitrogens is 2. The maximum absolute atomic E-state index is 11.8. The van der Waals surface area contributed by atoms with Gasteiger partial charge in [0.15, 0.2) is 5.43 Å². The summed E-state index contributed by atoms with van der Waals surface area (Å²) in [5.74, 6) is 0. The Morgan fingerprint density at radius 2 is 2.00 bits per heavy atom. The van der Waals surface area contributed by atoms with Gasteiger partial charge in [0, 0.05) is 22.5 Å². The van der Waals surface area contributed by atoms with Crippen molar-refractivity contribution < 1.29 is 0 Å². The van der Waals surface area contributed by atoms with Gasteiger partial charge in [-0.2, -0.15) is 0 Å². The van der Waals surface area contributed by atoms with Crippen LogP contribution in [0.5, 0.6) is 0 Å². The van der Waals surface area contributed by atoms with Crippen LogP contribution in [0.25, 0.3) is 10.9 Å². The van der Waals surface area contributed by atoms with E-state index in [9.17, 15) is 4.79 Å². The Morgan fingerprint density at radius 1 is 1.21 bits per heavy atom. The molecule has 0 radical (unpaired) electrons. The summed E-state index contributed by atoms with van der Waals surface area (Å²) in [5, 5.41) is 1.85. The number of pyridine rings is 1. The van der Waals surface area contributed by atoms with Crippen LogP contribution in [0, 0.1) is 13.8 Å². The summed E-state index contributed by atoms with van der Waals surface area (Å²) >= 11 is 1.71. The van der Waals surface area contributed by atoms with E-state index in [1.165, 1.54) is 4.88 Å². The predicted molar refractivity (Wildman–Crippen MR) is 78.9 cm³/mol. The van der Waals surface area contributed by atoms with Crippen LogP contribution in [-0.2, 0) is 6.54 Å². The van der Waals surface area contributed by atoms with Gasteiger partial charge in [-0.25, -0.2) is 4.98 Å². The fourth-order valence-electron chi connectivity index (χ4n) is 2.27. The molecule has 0 atom stereocenters. The fraction of sp³-hybridized carbons (Fsp3) is 0.200. The zero-order valence-electron chi connectivity index (χ0n) is 10.9. The van der Waals surface area contributed by atoms with Gasteiger partial charge >= 0.3 is 0 Å². The number of hydrogen-bond donors (Lipinski definition) is 0. The molecule has 0 aliphatic heterocycles. The molecule has 0 saturated heterocycles. The van der Waals surface area contributed by atoms with Gasteiger partial charge in [0.1, 0.15) is 0 Å². The SMILES string of the molecule is Cc1nc(C)c(Cn2ccc(=O)c3ccccc32)s1. The Balaban J connectivity index is 2.14. The van der Waals surface area contributed by atoms with E-state index in [-0.39, 0.29) is 5.43 Å². The second kappa shape index (κ2) is 4.63. The average molecular weight is 270 g/mol. The molecule has 0 fully saturated rings. The lowest BCUT2D eigenvalue weighted by atomic mass is 10.2. The molecule has 2 heterocycles. The van der Waals surface area contributed by atoms with E-state index in [4.69, 9.17) is 0 Å². The quantitative estimate of drug-likeness (QED) is 0.717. The molecular weight excluding hydrogens is 256 g/mol. The maximum Gasteiger partial charge on any atom is 0.189 e. The summed E-state index contributed by atoms with van der Waals surface area (Å²) in [4.78, 5) is 17.5. The summed E-state index contributed by atoms with van der Waals surface area (Å²) in [6.45, 7) is 4.81. The van der Waals surface area contributed by atoms with Gasteiger partial charge in [0.25, 0.3) is 0 Å². The average Bonchev–Trinajstić information content (AvgIpc) is 2.72. The second-order valence-corrected chi connectivity index (χ2v) is 5.85. The number of hydrogen-bond acceptors (Lipinski definition) is 3. The van der Waals surface area contributed by atoms with Gasteiger partial charge in [-0.15, -0.1) is 11.3 Å². The van der Waals surface area contributed by atoms with Gasteiger partial charge in [0.2, 0.25) is 0 Å². The zero-order chi connectivity index (χ0) is 13.4. The van der Waals surface area contributed by atoms with Crippen molar-refractivity contribution in [2.75, 3.05) is 0 Å². The number of para-hydroxylation sites is 1. The Bertz CT molecular complexity index is 801. The van der Waals surface area contributed by atoms with Gasteiger partial charge < -0.3 is 4.57 Å². The number of rotatable bonds is 2. The Morgan fingerprint density at radius 3 is 2.74 bits per heavy atom. The molecule has 0 bridgehead atoms. The van der Waals surface area contributed by atoms with Crippen LogP contribution in [0.4, 0.5) is 0 Å². The van der Waals surface area contributed by atoms with Crippen molar-refractivity contribution in [2.24, 2.45) is 0 Å². The molecule has 0 saturated carbocycles. The number of fused-ring (bicyclic) bond motifs is 1. The highest BCUT2D eigenvalue weighted by atomic mass is 32.1. The number of aryl methyl sites for hydroxylation is 2. The fourth-order valence-corrected chi connectivity index (χ4v) is 3.21. The third-order valence-electron chi connectivity index (χ3n) is 3.20. The smallest absolute Gasteiger partial charge is 0.189 e. The summed E-state index contributed by atoms with van der Waals surface area (Å²) in [6.07, 6.45) is 1.86. The van der Waals surface area contributed by atoms with Crippen molar-refractivity contribution in [3.05, 3.63) is 62.3 Å². The third kappa shape index (κ3) is 2.19. The Hall–Kier alpha value is -1.94. The molecule has 1 aromatic carbocycles. The largest absolute Gasteiger partial charge is 0.342 e. The predicted octanol–water partition coefficient (Wildman–Crippen LogP) is 3.12. The van der Waals surface area contributed by atoms with Crippen molar-refractivity contribution in [2.45, 2.75) is 20.4 Å². The molecule has 3 rings (SSSR count). The Kier molecular flexibility index (Phi) is 2.95. The standard InChI is InChI=1S/C15H14N2OS/c1-10-15(19-11(2)16-10)9-17-8-7-14(18)12-5-3-4-6-13(12)17/h3-8H,9H2,1-2H3. The van der Waals surface area contributed by atoms with E-state index < -0.39 is 0 Å². The minimum atomic E-state index is 0.0732. The lowest BCUT2D eigenvalue weighted by molar-refractivity contribution is 0.830. The van der Waals surface area contributed by atoms with Crippen LogP contribution in [0.1, 0.15) is 15.6 Å². The molecule has 96 valence electrons. The minimum Gasteiger partial charge on any atom is -0.342 e. The van der Waals surface area contributed by atoms with E-state index in [2.05, 4.69) is 9.55 Å². The van der Waals surface area contributed by atoms with Crippen LogP contribution in [0.3, 0.4) is 0 Å². The second-order valence-electron chi connectivity index (χ2n) is 4.57. The summed E-state index contributed by atoms with van der Waals surface area (Å²) in [5.41, 5.74) is 2.12. The minimum absolute atomic E-state index is 0.0732. The topological polar surface area (TPSA) is 34.9 Å². The first-order chi connectivity index (χ1) is 9.15. The van der Waals surface area contributed by atoms with E-state index in [0.29, 0.717) is 0 Å². The first-order valence-corrected chi connectivity index (χ1v) is 6.98. The van der Waals surface area contributed by atoms with E-state index in [1.54, 1.807) is 17.4 Å². The molecule has 0 N–H and O–H groups in total. The number of benzene rings is 1. The van der Waals surface area contributed by atoms with Crippen LogP contribution < -0.4 is 5.43 Å². The highest BCUT2D eigenvalue weighted by Crippen LogP contribution is 2.20. The molecule has 2 aromatic heterocycles. The lowest BCUT2D eigenvalue weighted by Gasteiger charge is -2.09. The van der Waals surface area contributed by atoms with Gasteiger partial charge in [-0.05, 0) is 26.0 Å². The van der Waals surface area contributed by atoms with Gasteiger partial charge in [-0.1, -0.05) is 12.1 Å². The van der Waals surface area contributed by atoms with Gasteiger partial charge in [-0.3, -0.25) is 4.79 Å². The van der Waals surface area contributed by atoms with Crippen molar-refractivity contribution in [1.82, 2.24) is 9.55 Å². The summed E-state index contributed by atoms with van der Waals surface area (Å²) < 4.78 is 2.11. The van der Waals surface area contributed by atoms with Crippen molar-refractivity contribution >= 4 is 22.2 Å².